The van der Waals surface area contributed by atoms with Crippen LogP contribution in [0.15, 0.2) is 12.4 Å². The molecule has 0 saturated carbocycles. The molecule has 4 heteroatoms. The van der Waals surface area contributed by atoms with Crippen LogP contribution in [0.1, 0.15) is 18.9 Å². The van der Waals surface area contributed by atoms with Crippen molar-refractivity contribution in [2.45, 2.75) is 18.9 Å². The summed E-state index contributed by atoms with van der Waals surface area (Å²) in [7, 11) is 0. The number of nitrogen functional groups attached to an aromatic ring is 1. The number of imidazole rings is 1. The van der Waals surface area contributed by atoms with E-state index in [1.807, 2.05) is 10.8 Å². The molecule has 1 aromatic rings. The molecule has 1 aliphatic rings. The third-order valence-electron chi connectivity index (χ3n) is 2.23. The summed E-state index contributed by atoms with van der Waals surface area (Å²) in [6.45, 7) is 1.64. The van der Waals surface area contributed by atoms with Crippen LogP contribution in [-0.2, 0) is 4.74 Å². The standard InChI is InChI=1S/C8H13N3O/c9-8-10-3-4-11(8)7-2-1-5-12-6-7/h3-4,7H,1-2,5-6H2,(H2,9,10). The highest BCUT2D eigenvalue weighted by Crippen LogP contribution is 2.21. The third-order valence-corrected chi connectivity index (χ3v) is 2.23. The van der Waals surface area contributed by atoms with E-state index >= 15 is 0 Å². The Labute approximate surface area is 71.3 Å². The molecule has 1 fully saturated rings. The molecule has 0 aromatic carbocycles. The zero-order chi connectivity index (χ0) is 8.39. The molecule has 0 bridgehead atoms. The van der Waals surface area contributed by atoms with Crippen LogP contribution in [0.2, 0.25) is 0 Å². The van der Waals surface area contributed by atoms with Gasteiger partial charge in [-0.05, 0) is 12.8 Å². The average Bonchev–Trinajstić information content (AvgIpc) is 2.53. The molecule has 1 saturated heterocycles. The van der Waals surface area contributed by atoms with Crippen molar-refractivity contribution in [3.05, 3.63) is 12.4 Å². The van der Waals surface area contributed by atoms with Gasteiger partial charge >= 0.3 is 0 Å². The number of hydrogen-bond donors (Lipinski definition) is 1. The maximum Gasteiger partial charge on any atom is 0.200 e. The van der Waals surface area contributed by atoms with Crippen molar-refractivity contribution in [3.63, 3.8) is 0 Å². The Morgan fingerprint density at radius 1 is 1.67 bits per heavy atom. The fourth-order valence-electron chi connectivity index (χ4n) is 1.58. The highest BCUT2D eigenvalue weighted by Gasteiger charge is 2.16. The molecule has 0 radical (unpaired) electrons. The van der Waals surface area contributed by atoms with Crippen LogP contribution in [0.3, 0.4) is 0 Å². The van der Waals surface area contributed by atoms with E-state index in [2.05, 4.69) is 4.98 Å². The quantitative estimate of drug-likeness (QED) is 0.673. The lowest BCUT2D eigenvalue weighted by Crippen LogP contribution is -2.21. The van der Waals surface area contributed by atoms with Crippen molar-refractivity contribution in [2.75, 3.05) is 18.9 Å². The van der Waals surface area contributed by atoms with E-state index in [-0.39, 0.29) is 0 Å². The van der Waals surface area contributed by atoms with Crippen molar-refractivity contribution >= 4 is 5.95 Å². The average molecular weight is 167 g/mol. The van der Waals surface area contributed by atoms with Gasteiger partial charge in [-0.1, -0.05) is 0 Å². The smallest absolute Gasteiger partial charge is 0.200 e. The first kappa shape index (κ1) is 7.61. The van der Waals surface area contributed by atoms with Gasteiger partial charge < -0.3 is 15.0 Å². The molecule has 0 spiro atoms. The monoisotopic (exact) mass is 167 g/mol. The largest absolute Gasteiger partial charge is 0.379 e. The summed E-state index contributed by atoms with van der Waals surface area (Å²) in [4.78, 5) is 3.98. The molecule has 1 aromatic heterocycles. The summed E-state index contributed by atoms with van der Waals surface area (Å²) in [6, 6.07) is 0.390. The van der Waals surface area contributed by atoms with Crippen LogP contribution < -0.4 is 5.73 Å². The van der Waals surface area contributed by atoms with Crippen LogP contribution in [0.25, 0.3) is 0 Å². The highest BCUT2D eigenvalue weighted by atomic mass is 16.5. The second kappa shape index (κ2) is 3.15. The first-order chi connectivity index (χ1) is 5.88. The van der Waals surface area contributed by atoms with Crippen LogP contribution in [0.4, 0.5) is 5.95 Å². The summed E-state index contributed by atoms with van der Waals surface area (Å²) in [5, 5.41) is 0. The lowest BCUT2D eigenvalue weighted by atomic mass is 10.1. The Kier molecular flexibility index (Phi) is 1.99. The van der Waals surface area contributed by atoms with E-state index in [0.29, 0.717) is 12.0 Å². The minimum absolute atomic E-state index is 0.390. The van der Waals surface area contributed by atoms with Crippen LogP contribution in [0, 0.1) is 0 Å². The van der Waals surface area contributed by atoms with Crippen LogP contribution in [-0.4, -0.2) is 22.8 Å². The van der Waals surface area contributed by atoms with Crippen molar-refractivity contribution in [3.8, 4) is 0 Å². The number of aromatic nitrogens is 2. The Morgan fingerprint density at radius 3 is 3.17 bits per heavy atom. The van der Waals surface area contributed by atoms with Gasteiger partial charge in [0.2, 0.25) is 0 Å². The summed E-state index contributed by atoms with van der Waals surface area (Å²) in [6.07, 6.45) is 5.89. The fourth-order valence-corrected chi connectivity index (χ4v) is 1.58. The second-order valence-corrected chi connectivity index (χ2v) is 3.06. The van der Waals surface area contributed by atoms with Crippen molar-refractivity contribution in [2.24, 2.45) is 0 Å². The van der Waals surface area contributed by atoms with Crippen LogP contribution >= 0.6 is 0 Å². The SMILES string of the molecule is Nc1nccn1C1CCCOC1. The zero-order valence-electron chi connectivity index (χ0n) is 6.94. The topological polar surface area (TPSA) is 53.1 Å². The first-order valence-electron chi connectivity index (χ1n) is 4.24. The molecule has 0 aliphatic carbocycles. The molecular weight excluding hydrogens is 154 g/mol. The number of anilines is 1. The summed E-state index contributed by atoms with van der Waals surface area (Å²) in [5.41, 5.74) is 5.67. The predicted molar refractivity (Wildman–Crippen MR) is 45.7 cm³/mol. The Morgan fingerprint density at radius 2 is 2.58 bits per heavy atom. The van der Waals surface area contributed by atoms with Gasteiger partial charge in [-0.25, -0.2) is 4.98 Å². The van der Waals surface area contributed by atoms with E-state index in [9.17, 15) is 0 Å². The van der Waals surface area contributed by atoms with Gasteiger partial charge in [0.05, 0.1) is 12.6 Å². The van der Waals surface area contributed by atoms with Gasteiger partial charge in [-0.2, -0.15) is 0 Å². The first-order valence-corrected chi connectivity index (χ1v) is 4.24. The minimum Gasteiger partial charge on any atom is -0.379 e. The van der Waals surface area contributed by atoms with Gasteiger partial charge in [-0.15, -0.1) is 0 Å². The van der Waals surface area contributed by atoms with Crippen molar-refractivity contribution < 1.29 is 4.74 Å². The number of ether oxygens (including phenoxy) is 1. The van der Waals surface area contributed by atoms with Crippen LogP contribution in [0.5, 0.6) is 0 Å². The molecule has 1 atom stereocenters. The van der Waals surface area contributed by atoms with E-state index in [0.717, 1.165) is 26.1 Å². The summed E-state index contributed by atoms with van der Waals surface area (Å²) >= 11 is 0. The third kappa shape index (κ3) is 1.30. The fraction of sp³-hybridized carbons (Fsp3) is 0.625. The molecule has 4 nitrogen and oxygen atoms in total. The molecule has 2 heterocycles. The zero-order valence-corrected chi connectivity index (χ0v) is 6.94. The molecule has 1 unspecified atom stereocenters. The lowest BCUT2D eigenvalue weighted by molar-refractivity contribution is 0.0599. The molecule has 12 heavy (non-hydrogen) atoms. The Hall–Kier alpha value is -1.03. The number of hydrogen-bond acceptors (Lipinski definition) is 3. The normalized spacial score (nSPS) is 24.2. The van der Waals surface area contributed by atoms with E-state index in [1.165, 1.54) is 0 Å². The number of nitrogens with two attached hydrogens (primary N) is 1. The second-order valence-electron chi connectivity index (χ2n) is 3.06. The van der Waals surface area contributed by atoms with Crippen molar-refractivity contribution in [1.82, 2.24) is 9.55 Å². The van der Waals surface area contributed by atoms with Crippen molar-refractivity contribution in [1.29, 1.82) is 0 Å². The molecule has 2 N–H and O–H groups in total. The van der Waals surface area contributed by atoms with Gasteiger partial charge in [0.1, 0.15) is 0 Å². The molecule has 1 aliphatic heterocycles. The highest BCUT2D eigenvalue weighted by molar-refractivity contribution is 5.18. The number of rotatable bonds is 1. The summed E-state index contributed by atoms with van der Waals surface area (Å²) in [5.74, 6) is 0.588. The van der Waals surface area contributed by atoms with E-state index in [4.69, 9.17) is 10.5 Å². The summed E-state index contributed by atoms with van der Waals surface area (Å²) < 4.78 is 7.34. The maximum atomic E-state index is 5.67. The van der Waals surface area contributed by atoms with E-state index < -0.39 is 0 Å². The number of nitrogens with zero attached hydrogens (tertiary/aromatic N) is 2. The van der Waals surface area contributed by atoms with Gasteiger partial charge in [0.15, 0.2) is 5.95 Å². The Bertz CT molecular complexity index is 253. The van der Waals surface area contributed by atoms with Gasteiger partial charge in [0.25, 0.3) is 0 Å². The molecule has 2 rings (SSSR count). The molecule has 0 amide bonds. The molecule has 66 valence electrons. The molecular formula is C8H13N3O. The maximum absolute atomic E-state index is 5.67. The Balaban J connectivity index is 2.13. The van der Waals surface area contributed by atoms with E-state index in [1.54, 1.807) is 6.20 Å². The van der Waals surface area contributed by atoms with Gasteiger partial charge in [-0.3, -0.25) is 0 Å². The predicted octanol–water partition coefficient (Wildman–Crippen LogP) is 0.817. The minimum atomic E-state index is 0.390. The van der Waals surface area contributed by atoms with Gasteiger partial charge in [0, 0.05) is 19.0 Å². The lowest BCUT2D eigenvalue weighted by Gasteiger charge is -2.23.